The van der Waals surface area contributed by atoms with Gasteiger partial charge in [-0.15, -0.1) is 0 Å². The number of hydrogen-bond donors (Lipinski definition) is 0. The summed E-state index contributed by atoms with van der Waals surface area (Å²) in [5, 5.41) is 0. The molecule has 0 saturated heterocycles. The molecule has 0 heterocycles. The predicted molar refractivity (Wildman–Crippen MR) is 134 cm³/mol. The summed E-state index contributed by atoms with van der Waals surface area (Å²) in [7, 11) is 0. The normalized spacial score (nSPS) is 25.2. The molecular formula is C31H36O. The van der Waals surface area contributed by atoms with Crippen molar-refractivity contribution in [1.82, 2.24) is 0 Å². The Morgan fingerprint density at radius 2 is 1.34 bits per heavy atom. The van der Waals surface area contributed by atoms with Gasteiger partial charge in [-0.1, -0.05) is 86.5 Å². The molecule has 0 spiro atoms. The largest absolute Gasteiger partial charge is 0.489 e. The molecule has 2 aliphatic carbocycles. The highest BCUT2D eigenvalue weighted by atomic mass is 16.5. The fourth-order valence-corrected chi connectivity index (χ4v) is 6.09. The number of rotatable bonds is 6. The maximum absolute atomic E-state index is 5.94. The third-order valence-corrected chi connectivity index (χ3v) is 8.12. The van der Waals surface area contributed by atoms with Crippen molar-refractivity contribution in [1.29, 1.82) is 0 Å². The van der Waals surface area contributed by atoms with Crippen LogP contribution in [0.25, 0.3) is 11.1 Å². The second-order valence-corrected chi connectivity index (χ2v) is 10.0. The van der Waals surface area contributed by atoms with Crippen LogP contribution in [0.5, 0.6) is 5.75 Å². The minimum Gasteiger partial charge on any atom is -0.489 e. The van der Waals surface area contributed by atoms with E-state index in [9.17, 15) is 0 Å². The van der Waals surface area contributed by atoms with Crippen molar-refractivity contribution in [2.75, 3.05) is 0 Å². The molecule has 166 valence electrons. The molecule has 0 amide bonds. The van der Waals surface area contributed by atoms with Crippen molar-refractivity contribution in [2.24, 2.45) is 17.8 Å². The van der Waals surface area contributed by atoms with Gasteiger partial charge in [-0.05, 0) is 90.2 Å². The molecule has 0 aromatic heterocycles. The highest BCUT2D eigenvalue weighted by Gasteiger charge is 2.35. The molecule has 3 aromatic rings. The van der Waals surface area contributed by atoms with E-state index in [1.54, 1.807) is 5.56 Å². The van der Waals surface area contributed by atoms with Crippen molar-refractivity contribution in [2.45, 2.75) is 64.4 Å². The first-order valence-electron chi connectivity index (χ1n) is 12.7. The van der Waals surface area contributed by atoms with E-state index in [0.29, 0.717) is 6.61 Å². The second kappa shape index (κ2) is 9.94. The Kier molecular flexibility index (Phi) is 6.62. The van der Waals surface area contributed by atoms with E-state index < -0.39 is 0 Å². The van der Waals surface area contributed by atoms with E-state index in [1.165, 1.54) is 61.6 Å². The third kappa shape index (κ3) is 4.93. The number of hydrogen-bond acceptors (Lipinski definition) is 1. The molecular weight excluding hydrogens is 388 g/mol. The van der Waals surface area contributed by atoms with Gasteiger partial charge in [0.2, 0.25) is 0 Å². The van der Waals surface area contributed by atoms with Crippen LogP contribution in [0.15, 0.2) is 78.9 Å². The summed E-state index contributed by atoms with van der Waals surface area (Å²) in [5.74, 6) is 4.66. The molecule has 5 rings (SSSR count). The van der Waals surface area contributed by atoms with E-state index >= 15 is 0 Å². The Morgan fingerprint density at radius 3 is 2.06 bits per heavy atom. The van der Waals surface area contributed by atoms with Crippen LogP contribution in [-0.4, -0.2) is 0 Å². The highest BCUT2D eigenvalue weighted by Crippen LogP contribution is 2.48. The summed E-state index contributed by atoms with van der Waals surface area (Å²) in [6, 6.07) is 28.2. The Labute approximate surface area is 193 Å². The molecule has 4 atom stereocenters. The SMILES string of the molecule is CCC1CC[C@@H]2C[C@H](c3ccc(-c4ccc(OCc5ccccc5)cc4)cc3)CC[C@@H]2C1. The Bertz CT molecular complexity index is 973. The van der Waals surface area contributed by atoms with Gasteiger partial charge >= 0.3 is 0 Å². The van der Waals surface area contributed by atoms with E-state index in [-0.39, 0.29) is 0 Å². The van der Waals surface area contributed by atoms with Crippen molar-refractivity contribution >= 4 is 0 Å². The van der Waals surface area contributed by atoms with Crippen LogP contribution in [-0.2, 0) is 6.61 Å². The van der Waals surface area contributed by atoms with Gasteiger partial charge < -0.3 is 4.74 Å². The predicted octanol–water partition coefficient (Wildman–Crippen LogP) is 8.64. The lowest BCUT2D eigenvalue weighted by atomic mass is 9.63. The number of ether oxygens (including phenoxy) is 1. The second-order valence-electron chi connectivity index (χ2n) is 10.0. The van der Waals surface area contributed by atoms with E-state index in [2.05, 4.69) is 67.6 Å². The Morgan fingerprint density at radius 1 is 0.688 bits per heavy atom. The monoisotopic (exact) mass is 424 g/mol. The van der Waals surface area contributed by atoms with Gasteiger partial charge in [-0.25, -0.2) is 0 Å². The lowest BCUT2D eigenvalue weighted by Crippen LogP contribution is -2.30. The summed E-state index contributed by atoms with van der Waals surface area (Å²) >= 11 is 0. The average Bonchev–Trinajstić information content (AvgIpc) is 2.88. The minimum atomic E-state index is 0.608. The maximum atomic E-state index is 5.94. The molecule has 1 nitrogen and oxygen atoms in total. The van der Waals surface area contributed by atoms with Crippen LogP contribution in [0.4, 0.5) is 0 Å². The zero-order chi connectivity index (χ0) is 21.8. The lowest BCUT2D eigenvalue weighted by Gasteiger charge is -2.42. The van der Waals surface area contributed by atoms with E-state index in [4.69, 9.17) is 4.74 Å². The first-order chi connectivity index (χ1) is 15.8. The van der Waals surface area contributed by atoms with Gasteiger partial charge in [0.15, 0.2) is 0 Å². The number of fused-ring (bicyclic) bond motifs is 1. The fraction of sp³-hybridized carbons (Fsp3) is 0.419. The van der Waals surface area contributed by atoms with Gasteiger partial charge in [0.25, 0.3) is 0 Å². The molecule has 0 N–H and O–H groups in total. The zero-order valence-corrected chi connectivity index (χ0v) is 19.4. The summed E-state index contributed by atoms with van der Waals surface area (Å²) in [6.07, 6.45) is 10.0. The molecule has 2 saturated carbocycles. The van der Waals surface area contributed by atoms with Crippen LogP contribution in [0.3, 0.4) is 0 Å². The molecule has 32 heavy (non-hydrogen) atoms. The van der Waals surface area contributed by atoms with Crippen molar-refractivity contribution in [3.05, 3.63) is 90.0 Å². The zero-order valence-electron chi connectivity index (χ0n) is 19.4. The standard InChI is InChI=1S/C31H36O/c1-2-23-8-9-30-21-29(15-14-28(30)20-23)27-12-10-25(11-13-27)26-16-18-31(19-17-26)32-22-24-6-4-3-5-7-24/h3-7,10-13,16-19,23,28-30H,2,8-9,14-15,20-22H2,1H3/t23?,28-,29-,30-/m1/s1. The molecule has 0 radical (unpaired) electrons. The summed E-state index contributed by atoms with van der Waals surface area (Å²) in [6.45, 7) is 2.99. The lowest BCUT2D eigenvalue weighted by molar-refractivity contribution is 0.116. The van der Waals surface area contributed by atoms with Crippen molar-refractivity contribution in [3.8, 4) is 16.9 Å². The summed E-state index contributed by atoms with van der Waals surface area (Å²) in [5.41, 5.74) is 5.29. The van der Waals surface area contributed by atoms with Crippen LogP contribution in [0.2, 0.25) is 0 Å². The molecule has 3 aromatic carbocycles. The quantitative estimate of drug-likeness (QED) is 0.385. The van der Waals surface area contributed by atoms with Crippen molar-refractivity contribution < 1.29 is 4.74 Å². The molecule has 2 aliphatic rings. The van der Waals surface area contributed by atoms with Gasteiger partial charge in [0.1, 0.15) is 12.4 Å². The average molecular weight is 425 g/mol. The van der Waals surface area contributed by atoms with Gasteiger partial charge in [-0.2, -0.15) is 0 Å². The third-order valence-electron chi connectivity index (χ3n) is 8.12. The number of benzene rings is 3. The molecule has 0 bridgehead atoms. The minimum absolute atomic E-state index is 0.608. The molecule has 1 unspecified atom stereocenters. The molecule has 0 aliphatic heterocycles. The van der Waals surface area contributed by atoms with Crippen molar-refractivity contribution in [3.63, 3.8) is 0 Å². The smallest absolute Gasteiger partial charge is 0.119 e. The Hall–Kier alpha value is -2.54. The van der Waals surface area contributed by atoms with E-state index in [0.717, 1.165) is 29.4 Å². The van der Waals surface area contributed by atoms with Gasteiger partial charge in [0, 0.05) is 0 Å². The molecule has 2 fully saturated rings. The van der Waals surface area contributed by atoms with E-state index in [1.807, 2.05) is 18.2 Å². The Balaban J connectivity index is 1.19. The summed E-state index contributed by atoms with van der Waals surface area (Å²) in [4.78, 5) is 0. The topological polar surface area (TPSA) is 9.23 Å². The van der Waals surface area contributed by atoms with Crippen LogP contribution >= 0.6 is 0 Å². The van der Waals surface area contributed by atoms with Crippen LogP contribution < -0.4 is 4.74 Å². The summed E-state index contributed by atoms with van der Waals surface area (Å²) < 4.78 is 5.94. The first-order valence-corrected chi connectivity index (χ1v) is 12.7. The maximum Gasteiger partial charge on any atom is 0.119 e. The van der Waals surface area contributed by atoms with Crippen LogP contribution in [0, 0.1) is 17.8 Å². The van der Waals surface area contributed by atoms with Crippen LogP contribution in [0.1, 0.15) is 68.9 Å². The first kappa shape index (κ1) is 21.3. The highest BCUT2D eigenvalue weighted by molar-refractivity contribution is 5.64. The van der Waals surface area contributed by atoms with Gasteiger partial charge in [0.05, 0.1) is 0 Å². The van der Waals surface area contributed by atoms with Gasteiger partial charge in [-0.3, -0.25) is 0 Å². The fourth-order valence-electron chi connectivity index (χ4n) is 6.09. The molecule has 1 heteroatoms.